The van der Waals surface area contributed by atoms with Gasteiger partial charge in [-0.25, -0.2) is 0 Å². The van der Waals surface area contributed by atoms with Crippen molar-refractivity contribution >= 4 is 17.3 Å². The number of nitrogens with one attached hydrogen (secondary N) is 2. The van der Waals surface area contributed by atoms with Crippen molar-refractivity contribution in [3.63, 3.8) is 0 Å². The summed E-state index contributed by atoms with van der Waals surface area (Å²) in [6, 6.07) is 2.87. The lowest BCUT2D eigenvalue weighted by Gasteiger charge is -2.19. The second-order valence-electron chi connectivity index (χ2n) is 4.95. The molecule has 0 aliphatic heterocycles. The highest BCUT2D eigenvalue weighted by Gasteiger charge is 2.34. The van der Waals surface area contributed by atoms with E-state index in [1.54, 1.807) is 0 Å². The van der Waals surface area contributed by atoms with Gasteiger partial charge in [-0.05, 0) is 38.0 Å². The zero-order valence-electron chi connectivity index (χ0n) is 10.9. The zero-order valence-corrected chi connectivity index (χ0v) is 10.9. The molecule has 1 amide bonds. The normalized spacial score (nSPS) is 16.6. The van der Waals surface area contributed by atoms with Crippen LogP contribution in [0.3, 0.4) is 0 Å². The first-order chi connectivity index (χ1) is 9.27. The van der Waals surface area contributed by atoms with E-state index in [9.17, 15) is 18.0 Å². The molecule has 1 unspecified atom stereocenters. The molecule has 0 spiro atoms. The van der Waals surface area contributed by atoms with Crippen molar-refractivity contribution < 1.29 is 18.0 Å². The Morgan fingerprint density at radius 1 is 1.40 bits per heavy atom. The largest absolute Gasteiger partial charge is 0.418 e. The van der Waals surface area contributed by atoms with Crippen LogP contribution in [-0.4, -0.2) is 18.0 Å². The molecular formula is C13H16F3N3O. The number of hydrogen-bond acceptors (Lipinski definition) is 3. The van der Waals surface area contributed by atoms with Crippen LogP contribution in [0.2, 0.25) is 0 Å². The van der Waals surface area contributed by atoms with Gasteiger partial charge in [-0.2, -0.15) is 13.2 Å². The highest BCUT2D eigenvalue weighted by molar-refractivity contribution is 5.85. The Kier molecular flexibility index (Phi) is 3.78. The average molecular weight is 287 g/mol. The van der Waals surface area contributed by atoms with Crippen LogP contribution in [0.1, 0.15) is 25.3 Å². The molecule has 1 aromatic carbocycles. The van der Waals surface area contributed by atoms with Gasteiger partial charge in [0.2, 0.25) is 5.91 Å². The summed E-state index contributed by atoms with van der Waals surface area (Å²) in [5, 5.41) is 5.33. The first-order valence-electron chi connectivity index (χ1n) is 6.31. The van der Waals surface area contributed by atoms with Crippen LogP contribution in [0.25, 0.3) is 0 Å². The molecule has 0 radical (unpaired) electrons. The van der Waals surface area contributed by atoms with E-state index in [2.05, 4.69) is 10.6 Å². The number of nitrogens with two attached hydrogens (primary N) is 1. The second kappa shape index (κ2) is 5.22. The molecule has 4 N–H and O–H groups in total. The van der Waals surface area contributed by atoms with E-state index < -0.39 is 17.8 Å². The maximum Gasteiger partial charge on any atom is 0.418 e. The van der Waals surface area contributed by atoms with Gasteiger partial charge in [-0.1, -0.05) is 0 Å². The lowest BCUT2D eigenvalue weighted by atomic mass is 10.1. The minimum atomic E-state index is -4.52. The van der Waals surface area contributed by atoms with Crippen LogP contribution in [0.4, 0.5) is 24.5 Å². The molecule has 1 fully saturated rings. The smallest absolute Gasteiger partial charge is 0.399 e. The average Bonchev–Trinajstić information content (AvgIpc) is 3.13. The number of benzene rings is 1. The van der Waals surface area contributed by atoms with E-state index in [-0.39, 0.29) is 23.3 Å². The fourth-order valence-corrected chi connectivity index (χ4v) is 1.77. The van der Waals surface area contributed by atoms with E-state index in [0.717, 1.165) is 18.9 Å². The molecule has 0 heterocycles. The van der Waals surface area contributed by atoms with Gasteiger partial charge in [-0.15, -0.1) is 0 Å². The minimum Gasteiger partial charge on any atom is -0.399 e. The van der Waals surface area contributed by atoms with Gasteiger partial charge in [0.25, 0.3) is 0 Å². The molecular weight excluding hydrogens is 271 g/mol. The molecule has 110 valence electrons. The summed E-state index contributed by atoms with van der Waals surface area (Å²) in [6.07, 6.45) is -2.67. The summed E-state index contributed by atoms with van der Waals surface area (Å²) in [4.78, 5) is 11.7. The first-order valence-corrected chi connectivity index (χ1v) is 6.31. The Hall–Kier alpha value is -1.92. The summed E-state index contributed by atoms with van der Waals surface area (Å²) >= 11 is 0. The monoisotopic (exact) mass is 287 g/mol. The Morgan fingerprint density at radius 2 is 2.05 bits per heavy atom. The number of carbonyl (C=O) groups is 1. The van der Waals surface area contributed by atoms with Crippen LogP contribution in [0, 0.1) is 0 Å². The number of hydrogen-bond donors (Lipinski definition) is 3. The molecule has 0 saturated heterocycles. The number of rotatable bonds is 4. The molecule has 0 bridgehead atoms. The van der Waals surface area contributed by atoms with Crippen LogP contribution >= 0.6 is 0 Å². The predicted octanol–water partition coefficient (Wildman–Crippen LogP) is 2.37. The Labute approximate surface area is 114 Å². The Morgan fingerprint density at radius 3 is 2.60 bits per heavy atom. The van der Waals surface area contributed by atoms with Crippen LogP contribution in [0.15, 0.2) is 18.2 Å². The maximum absolute atomic E-state index is 12.9. The summed E-state index contributed by atoms with van der Waals surface area (Å²) < 4.78 is 38.7. The summed E-state index contributed by atoms with van der Waals surface area (Å²) in [5.41, 5.74) is 4.39. The van der Waals surface area contributed by atoms with Gasteiger partial charge < -0.3 is 16.4 Å². The minimum absolute atomic E-state index is 0.0259. The summed E-state index contributed by atoms with van der Waals surface area (Å²) in [6.45, 7) is 1.52. The Balaban J connectivity index is 2.13. The zero-order chi connectivity index (χ0) is 14.9. The van der Waals surface area contributed by atoms with Crippen molar-refractivity contribution in [2.24, 2.45) is 0 Å². The van der Waals surface area contributed by atoms with Crippen molar-refractivity contribution in [3.8, 4) is 0 Å². The number of anilines is 2. The number of carbonyl (C=O) groups excluding carboxylic acids is 1. The topological polar surface area (TPSA) is 67.1 Å². The van der Waals surface area contributed by atoms with Crippen molar-refractivity contribution in [1.82, 2.24) is 5.32 Å². The van der Waals surface area contributed by atoms with E-state index in [1.807, 2.05) is 0 Å². The number of alkyl halides is 3. The number of nitrogen functional groups attached to an aromatic ring is 1. The van der Waals surface area contributed by atoms with Crippen molar-refractivity contribution in [2.75, 3.05) is 11.1 Å². The van der Waals surface area contributed by atoms with Crippen molar-refractivity contribution in [2.45, 2.75) is 38.0 Å². The predicted molar refractivity (Wildman–Crippen MR) is 70.1 cm³/mol. The fourth-order valence-electron chi connectivity index (χ4n) is 1.77. The second-order valence-corrected chi connectivity index (χ2v) is 4.95. The molecule has 20 heavy (non-hydrogen) atoms. The van der Waals surface area contributed by atoms with E-state index >= 15 is 0 Å². The summed E-state index contributed by atoms with van der Waals surface area (Å²) in [5.74, 6) is -0.308. The van der Waals surface area contributed by atoms with Gasteiger partial charge >= 0.3 is 6.18 Å². The van der Waals surface area contributed by atoms with Crippen LogP contribution < -0.4 is 16.4 Å². The molecule has 7 heteroatoms. The highest BCUT2D eigenvalue weighted by atomic mass is 19.4. The summed E-state index contributed by atoms with van der Waals surface area (Å²) in [7, 11) is 0. The molecule has 1 aliphatic carbocycles. The molecule has 1 aliphatic rings. The van der Waals surface area contributed by atoms with Gasteiger partial charge in [0, 0.05) is 17.4 Å². The third-order valence-electron chi connectivity index (χ3n) is 3.04. The molecule has 1 atom stereocenters. The Bertz CT molecular complexity index is 512. The third kappa shape index (κ3) is 3.55. The number of amides is 1. The third-order valence-corrected chi connectivity index (χ3v) is 3.04. The molecule has 1 aromatic rings. The van der Waals surface area contributed by atoms with Gasteiger partial charge in [0.1, 0.15) is 6.04 Å². The molecule has 1 saturated carbocycles. The van der Waals surface area contributed by atoms with Crippen molar-refractivity contribution in [3.05, 3.63) is 23.8 Å². The first kappa shape index (κ1) is 14.5. The molecule has 4 nitrogen and oxygen atoms in total. The van der Waals surface area contributed by atoms with Gasteiger partial charge in [0.05, 0.1) is 5.56 Å². The van der Waals surface area contributed by atoms with E-state index in [1.165, 1.54) is 19.1 Å². The van der Waals surface area contributed by atoms with Crippen LogP contribution in [-0.2, 0) is 11.0 Å². The SMILES string of the molecule is CC(Nc1ccc(N)cc1C(F)(F)F)C(=O)NC1CC1. The van der Waals surface area contributed by atoms with Crippen molar-refractivity contribution in [1.29, 1.82) is 0 Å². The maximum atomic E-state index is 12.9. The lowest BCUT2D eigenvalue weighted by molar-refractivity contribution is -0.137. The quantitative estimate of drug-likeness (QED) is 0.745. The lowest BCUT2D eigenvalue weighted by Crippen LogP contribution is -2.39. The van der Waals surface area contributed by atoms with Gasteiger partial charge in [-0.3, -0.25) is 4.79 Å². The highest BCUT2D eigenvalue weighted by Crippen LogP contribution is 2.36. The molecule has 0 aromatic heterocycles. The van der Waals surface area contributed by atoms with E-state index in [4.69, 9.17) is 5.73 Å². The molecule has 2 rings (SSSR count). The fraction of sp³-hybridized carbons (Fsp3) is 0.462. The van der Waals surface area contributed by atoms with Gasteiger partial charge in [0.15, 0.2) is 0 Å². The standard InChI is InChI=1S/C13H16F3N3O/c1-7(12(20)19-9-3-4-9)18-11-5-2-8(17)6-10(11)13(14,15)16/h2,5-7,9,18H,3-4,17H2,1H3,(H,19,20). The number of halogens is 3. The van der Waals surface area contributed by atoms with Crippen LogP contribution in [0.5, 0.6) is 0 Å². The van der Waals surface area contributed by atoms with E-state index in [0.29, 0.717) is 0 Å².